The fraction of sp³-hybridized carbons (Fsp3) is 0.500. The average molecular weight is 272 g/mol. The van der Waals surface area contributed by atoms with Crippen molar-refractivity contribution >= 4 is 7.82 Å². The van der Waals surface area contributed by atoms with E-state index in [4.69, 9.17) is 14.5 Å². The van der Waals surface area contributed by atoms with Crippen LogP contribution in [0, 0.1) is 0 Å². The van der Waals surface area contributed by atoms with E-state index in [0.717, 1.165) is 24.0 Å². The summed E-state index contributed by atoms with van der Waals surface area (Å²) in [5.74, 6) is 0. The van der Waals surface area contributed by atoms with Gasteiger partial charge in [0.25, 0.3) is 0 Å². The largest absolute Gasteiger partial charge is 0.469 e. The van der Waals surface area contributed by atoms with Crippen molar-refractivity contribution in [1.82, 2.24) is 0 Å². The van der Waals surface area contributed by atoms with Gasteiger partial charge in [-0.1, -0.05) is 24.3 Å². The lowest BCUT2D eigenvalue weighted by Crippen LogP contribution is -2.37. The molecule has 5 nitrogen and oxygen atoms in total. The van der Waals surface area contributed by atoms with E-state index in [9.17, 15) is 4.57 Å². The Kier molecular flexibility index (Phi) is 3.90. The van der Waals surface area contributed by atoms with E-state index in [2.05, 4.69) is 4.52 Å². The summed E-state index contributed by atoms with van der Waals surface area (Å²) >= 11 is 0. The summed E-state index contributed by atoms with van der Waals surface area (Å²) in [7, 11) is -2.93. The summed E-state index contributed by atoms with van der Waals surface area (Å²) in [6.45, 7) is -0.134. The average Bonchev–Trinajstić information content (AvgIpc) is 2.35. The maximum Gasteiger partial charge on any atom is 0.469 e. The van der Waals surface area contributed by atoms with Gasteiger partial charge in [0.15, 0.2) is 0 Å². The second-order valence-electron chi connectivity index (χ2n) is 4.47. The molecule has 1 aliphatic carbocycles. The monoisotopic (exact) mass is 272 g/mol. The van der Waals surface area contributed by atoms with Crippen molar-refractivity contribution in [3.63, 3.8) is 0 Å². The Hall–Kier alpha value is -0.710. The molecule has 0 saturated carbocycles. The molecule has 1 aromatic rings. The van der Waals surface area contributed by atoms with E-state index in [0.29, 0.717) is 6.42 Å². The van der Waals surface area contributed by atoms with Gasteiger partial charge < -0.3 is 14.5 Å². The van der Waals surface area contributed by atoms with E-state index >= 15 is 0 Å². The number of aryl methyl sites for hydroxylation is 1. The number of benzene rings is 1. The van der Waals surface area contributed by atoms with Crippen molar-refractivity contribution in [2.75, 3.05) is 13.7 Å². The van der Waals surface area contributed by atoms with E-state index in [1.807, 2.05) is 24.3 Å². The van der Waals surface area contributed by atoms with Crippen LogP contribution < -0.4 is 0 Å². The molecule has 6 heteroatoms. The standard InChI is InChI=1S/C12H17O5P/c1-16-12(9-17-18(13,14)15)8-4-6-10-5-2-3-7-11(10)12/h2-3,5,7H,4,6,8-9H2,1H3,(H2,13,14,15). The van der Waals surface area contributed by atoms with Crippen molar-refractivity contribution < 1.29 is 23.6 Å². The smallest absolute Gasteiger partial charge is 0.371 e. The molecular weight excluding hydrogens is 255 g/mol. The SMILES string of the molecule is COC1(COP(=O)(O)O)CCCc2ccccc21. The molecule has 1 aromatic carbocycles. The molecule has 100 valence electrons. The predicted octanol–water partition coefficient (Wildman–Crippen LogP) is 1.97. The number of ether oxygens (including phenoxy) is 1. The zero-order valence-electron chi connectivity index (χ0n) is 10.2. The second kappa shape index (κ2) is 5.11. The fourth-order valence-corrected chi connectivity index (χ4v) is 2.87. The molecule has 0 radical (unpaired) electrons. The highest BCUT2D eigenvalue weighted by atomic mass is 31.2. The molecule has 1 aliphatic rings. The first-order valence-electron chi connectivity index (χ1n) is 5.80. The van der Waals surface area contributed by atoms with Gasteiger partial charge in [-0.25, -0.2) is 4.57 Å². The molecule has 0 aliphatic heterocycles. The highest BCUT2D eigenvalue weighted by Crippen LogP contribution is 2.43. The minimum atomic E-state index is -4.48. The molecule has 2 rings (SSSR count). The lowest BCUT2D eigenvalue weighted by Gasteiger charge is -2.37. The van der Waals surface area contributed by atoms with Crippen LogP contribution in [0.3, 0.4) is 0 Å². The Morgan fingerprint density at radius 3 is 2.78 bits per heavy atom. The molecule has 2 N–H and O–H groups in total. The van der Waals surface area contributed by atoms with E-state index in [1.165, 1.54) is 0 Å². The van der Waals surface area contributed by atoms with Crippen LogP contribution in [-0.4, -0.2) is 23.5 Å². The Balaban J connectivity index is 2.30. The Bertz CT molecular complexity index is 469. The lowest BCUT2D eigenvalue weighted by atomic mass is 9.79. The molecule has 0 spiro atoms. The minimum Gasteiger partial charge on any atom is -0.371 e. The van der Waals surface area contributed by atoms with Crippen molar-refractivity contribution in [3.8, 4) is 0 Å². The summed E-state index contributed by atoms with van der Waals surface area (Å²) < 4.78 is 21.1. The Labute approximate surface area is 106 Å². The Morgan fingerprint density at radius 2 is 2.11 bits per heavy atom. The summed E-state index contributed by atoms with van der Waals surface area (Å²) in [5.41, 5.74) is 1.36. The number of hydrogen-bond acceptors (Lipinski definition) is 3. The molecule has 0 aromatic heterocycles. The molecule has 0 heterocycles. The summed E-state index contributed by atoms with van der Waals surface area (Å²) in [5, 5.41) is 0. The minimum absolute atomic E-state index is 0.134. The van der Waals surface area contributed by atoms with Crippen LogP contribution in [0.2, 0.25) is 0 Å². The first kappa shape index (κ1) is 13.7. The third kappa shape index (κ3) is 2.82. The van der Waals surface area contributed by atoms with Crippen molar-refractivity contribution in [3.05, 3.63) is 35.4 Å². The number of rotatable bonds is 4. The van der Waals surface area contributed by atoms with Gasteiger partial charge in [0, 0.05) is 7.11 Å². The molecule has 0 bridgehead atoms. The van der Waals surface area contributed by atoms with Gasteiger partial charge in [-0.05, 0) is 30.4 Å². The zero-order valence-corrected chi connectivity index (χ0v) is 11.1. The molecule has 1 atom stereocenters. The first-order chi connectivity index (χ1) is 8.47. The van der Waals surface area contributed by atoms with Crippen LogP contribution in [0.1, 0.15) is 24.0 Å². The maximum absolute atomic E-state index is 10.9. The molecular formula is C12H17O5P. The fourth-order valence-electron chi connectivity index (χ4n) is 2.49. The number of fused-ring (bicyclic) bond motifs is 1. The van der Waals surface area contributed by atoms with E-state index < -0.39 is 13.4 Å². The van der Waals surface area contributed by atoms with E-state index in [-0.39, 0.29) is 6.61 Å². The summed E-state index contributed by atoms with van der Waals surface area (Å²) in [4.78, 5) is 17.7. The van der Waals surface area contributed by atoms with Gasteiger partial charge in [0.2, 0.25) is 0 Å². The highest BCUT2D eigenvalue weighted by Gasteiger charge is 2.38. The van der Waals surface area contributed by atoms with Crippen LogP contribution in [-0.2, 0) is 25.8 Å². The van der Waals surface area contributed by atoms with Gasteiger partial charge in [-0.3, -0.25) is 4.52 Å². The molecule has 1 unspecified atom stereocenters. The van der Waals surface area contributed by atoms with Crippen molar-refractivity contribution in [1.29, 1.82) is 0 Å². The highest BCUT2D eigenvalue weighted by molar-refractivity contribution is 7.46. The maximum atomic E-state index is 10.9. The Morgan fingerprint density at radius 1 is 1.39 bits per heavy atom. The second-order valence-corrected chi connectivity index (χ2v) is 5.71. The third-order valence-corrected chi connectivity index (χ3v) is 3.86. The van der Waals surface area contributed by atoms with Crippen molar-refractivity contribution in [2.45, 2.75) is 24.9 Å². The van der Waals surface area contributed by atoms with Crippen LogP contribution >= 0.6 is 7.82 Å². The van der Waals surface area contributed by atoms with Crippen LogP contribution in [0.25, 0.3) is 0 Å². The molecule has 0 saturated heterocycles. The molecule has 0 amide bonds. The van der Waals surface area contributed by atoms with Crippen LogP contribution in [0.15, 0.2) is 24.3 Å². The third-order valence-electron chi connectivity index (χ3n) is 3.39. The predicted molar refractivity (Wildman–Crippen MR) is 66.1 cm³/mol. The lowest BCUT2D eigenvalue weighted by molar-refractivity contribution is -0.0670. The van der Waals surface area contributed by atoms with Gasteiger partial charge >= 0.3 is 7.82 Å². The van der Waals surface area contributed by atoms with Gasteiger partial charge in [-0.15, -0.1) is 0 Å². The number of phosphoric ester groups is 1. The number of hydrogen-bond donors (Lipinski definition) is 2. The number of methoxy groups -OCH3 is 1. The molecule has 0 fully saturated rings. The summed E-state index contributed by atoms with van der Waals surface area (Å²) in [6.07, 6.45) is 2.56. The van der Waals surface area contributed by atoms with Gasteiger partial charge in [0.05, 0.1) is 6.61 Å². The van der Waals surface area contributed by atoms with Crippen LogP contribution in [0.5, 0.6) is 0 Å². The van der Waals surface area contributed by atoms with Crippen molar-refractivity contribution in [2.24, 2.45) is 0 Å². The van der Waals surface area contributed by atoms with Crippen LogP contribution in [0.4, 0.5) is 0 Å². The molecule has 18 heavy (non-hydrogen) atoms. The topological polar surface area (TPSA) is 76.0 Å². The number of phosphoric acid groups is 1. The van der Waals surface area contributed by atoms with Gasteiger partial charge in [0.1, 0.15) is 5.60 Å². The normalized spacial score (nSPS) is 23.7. The van der Waals surface area contributed by atoms with Gasteiger partial charge in [-0.2, -0.15) is 0 Å². The zero-order chi connectivity index (χ0) is 13.2. The summed E-state index contributed by atoms with van der Waals surface area (Å²) in [6, 6.07) is 7.80. The van der Waals surface area contributed by atoms with E-state index in [1.54, 1.807) is 7.11 Å². The first-order valence-corrected chi connectivity index (χ1v) is 7.33. The quantitative estimate of drug-likeness (QED) is 0.819.